The van der Waals surface area contributed by atoms with Gasteiger partial charge in [-0.05, 0) is 54.3 Å². The Morgan fingerprint density at radius 1 is 0.789 bits per heavy atom. The highest BCUT2D eigenvalue weighted by atomic mass is 19.4. The van der Waals surface area contributed by atoms with E-state index in [1.165, 1.54) is 0 Å². The van der Waals surface area contributed by atoms with Crippen molar-refractivity contribution in [2.24, 2.45) is 0 Å². The number of nitrogens with one attached hydrogen (secondary N) is 1. The molecule has 1 amide bonds. The Balaban J connectivity index is 1.74. The predicted molar refractivity (Wildman–Crippen MR) is 146 cm³/mol. The SMILES string of the molecule is CNC(=O)[C@@H](c1ccccc1)N(CC[C@@H](c1ccc(C(F)(F)F)cc1)c1cccc(C)c1)c1ccccc1. The first-order valence-electron chi connectivity index (χ1n) is 12.6. The van der Waals surface area contributed by atoms with E-state index in [0.717, 1.165) is 40.1 Å². The van der Waals surface area contributed by atoms with Gasteiger partial charge in [0.25, 0.3) is 0 Å². The molecule has 0 saturated heterocycles. The number of alkyl halides is 3. The van der Waals surface area contributed by atoms with Gasteiger partial charge >= 0.3 is 6.18 Å². The molecule has 0 bridgehead atoms. The van der Waals surface area contributed by atoms with Gasteiger partial charge in [0.05, 0.1) is 5.56 Å². The maximum Gasteiger partial charge on any atom is 0.416 e. The van der Waals surface area contributed by atoms with E-state index >= 15 is 0 Å². The number of benzene rings is 4. The van der Waals surface area contributed by atoms with E-state index < -0.39 is 17.8 Å². The van der Waals surface area contributed by atoms with Crippen LogP contribution in [0, 0.1) is 6.92 Å². The standard InChI is InChI=1S/C32H31F3N2O/c1-23-10-9-13-26(22-23)29(24-16-18-27(19-17-24)32(33,34)35)20-21-37(28-14-7-4-8-15-28)30(31(38)36-2)25-11-5-3-6-12-25/h3-19,22,29-30H,20-21H2,1-2H3,(H,36,38)/t29-,30+/m0/s1. The summed E-state index contributed by atoms with van der Waals surface area (Å²) >= 11 is 0. The molecule has 1 N–H and O–H groups in total. The lowest BCUT2D eigenvalue weighted by Crippen LogP contribution is -2.40. The number of rotatable bonds is 9. The van der Waals surface area contributed by atoms with Gasteiger partial charge in [-0.3, -0.25) is 4.79 Å². The second-order valence-electron chi connectivity index (χ2n) is 9.33. The van der Waals surface area contributed by atoms with Crippen molar-refractivity contribution in [3.05, 3.63) is 137 Å². The van der Waals surface area contributed by atoms with Crippen LogP contribution in [0.2, 0.25) is 0 Å². The van der Waals surface area contributed by atoms with Crippen LogP contribution >= 0.6 is 0 Å². The van der Waals surface area contributed by atoms with Crippen LogP contribution in [-0.4, -0.2) is 19.5 Å². The quantitative estimate of drug-likeness (QED) is 0.249. The van der Waals surface area contributed by atoms with Gasteiger partial charge in [-0.1, -0.05) is 90.5 Å². The van der Waals surface area contributed by atoms with Crippen molar-refractivity contribution in [3.63, 3.8) is 0 Å². The van der Waals surface area contributed by atoms with E-state index in [1.807, 2.05) is 85.8 Å². The molecule has 38 heavy (non-hydrogen) atoms. The zero-order valence-electron chi connectivity index (χ0n) is 21.5. The van der Waals surface area contributed by atoms with Gasteiger partial charge in [0.2, 0.25) is 5.91 Å². The number of para-hydroxylation sites is 1. The van der Waals surface area contributed by atoms with Crippen molar-refractivity contribution in [2.75, 3.05) is 18.5 Å². The Hall–Kier alpha value is -4.06. The molecule has 0 fully saturated rings. The molecular formula is C32H31F3N2O. The molecular weight excluding hydrogens is 485 g/mol. The zero-order valence-corrected chi connectivity index (χ0v) is 21.5. The van der Waals surface area contributed by atoms with Crippen LogP contribution in [0.15, 0.2) is 109 Å². The molecule has 4 rings (SSSR count). The fourth-order valence-electron chi connectivity index (χ4n) is 4.86. The molecule has 0 aromatic heterocycles. The molecule has 0 aliphatic carbocycles. The van der Waals surface area contributed by atoms with Gasteiger partial charge in [-0.15, -0.1) is 0 Å². The Labute approximate surface area is 221 Å². The van der Waals surface area contributed by atoms with E-state index in [-0.39, 0.29) is 11.8 Å². The molecule has 0 spiro atoms. The van der Waals surface area contributed by atoms with Crippen molar-refractivity contribution >= 4 is 11.6 Å². The summed E-state index contributed by atoms with van der Waals surface area (Å²) in [5.41, 5.74) is 3.98. The van der Waals surface area contributed by atoms with E-state index in [4.69, 9.17) is 0 Å². The molecule has 3 nitrogen and oxygen atoms in total. The first-order valence-corrected chi connectivity index (χ1v) is 12.6. The minimum atomic E-state index is -4.39. The zero-order chi connectivity index (χ0) is 27.1. The largest absolute Gasteiger partial charge is 0.416 e. The molecule has 0 saturated carbocycles. The van der Waals surface area contributed by atoms with Gasteiger partial charge in [0.15, 0.2) is 0 Å². The average molecular weight is 517 g/mol. The van der Waals surface area contributed by atoms with Crippen molar-refractivity contribution in [3.8, 4) is 0 Å². The third-order valence-electron chi connectivity index (χ3n) is 6.75. The number of aryl methyl sites for hydroxylation is 1. The fraction of sp³-hybridized carbons (Fsp3) is 0.219. The minimum absolute atomic E-state index is 0.137. The topological polar surface area (TPSA) is 32.3 Å². The average Bonchev–Trinajstić information content (AvgIpc) is 2.93. The van der Waals surface area contributed by atoms with E-state index in [9.17, 15) is 18.0 Å². The molecule has 4 aromatic carbocycles. The van der Waals surface area contributed by atoms with Crippen LogP contribution in [0.5, 0.6) is 0 Å². The number of likely N-dealkylation sites (N-methyl/N-ethyl adjacent to an activating group) is 1. The van der Waals surface area contributed by atoms with Gasteiger partial charge in [-0.25, -0.2) is 0 Å². The van der Waals surface area contributed by atoms with Gasteiger partial charge in [0, 0.05) is 25.2 Å². The second kappa shape index (κ2) is 12.0. The molecule has 0 radical (unpaired) electrons. The van der Waals surface area contributed by atoms with Gasteiger partial charge in [0.1, 0.15) is 6.04 Å². The Kier molecular flexibility index (Phi) is 8.52. The summed E-state index contributed by atoms with van der Waals surface area (Å²) in [6.07, 6.45) is -3.80. The molecule has 0 unspecified atom stereocenters. The van der Waals surface area contributed by atoms with Crippen LogP contribution in [0.3, 0.4) is 0 Å². The highest BCUT2D eigenvalue weighted by Gasteiger charge is 2.31. The Bertz CT molecular complexity index is 1320. The third kappa shape index (κ3) is 6.43. The Morgan fingerprint density at radius 2 is 1.39 bits per heavy atom. The number of nitrogens with zero attached hydrogens (tertiary/aromatic N) is 1. The van der Waals surface area contributed by atoms with Gasteiger partial charge < -0.3 is 10.2 Å². The van der Waals surface area contributed by atoms with Crippen molar-refractivity contribution in [2.45, 2.75) is 31.5 Å². The molecule has 6 heteroatoms. The lowest BCUT2D eigenvalue weighted by atomic mass is 9.87. The monoisotopic (exact) mass is 516 g/mol. The van der Waals surface area contributed by atoms with Crippen molar-refractivity contribution in [1.29, 1.82) is 0 Å². The number of halogens is 3. The summed E-state index contributed by atoms with van der Waals surface area (Å²) in [4.78, 5) is 15.3. The first kappa shape index (κ1) is 27.0. The van der Waals surface area contributed by atoms with Crippen LogP contribution < -0.4 is 10.2 Å². The van der Waals surface area contributed by atoms with E-state index in [2.05, 4.69) is 16.3 Å². The lowest BCUT2D eigenvalue weighted by molar-refractivity contribution is -0.137. The molecule has 196 valence electrons. The van der Waals surface area contributed by atoms with Crippen LogP contribution in [-0.2, 0) is 11.0 Å². The molecule has 4 aromatic rings. The number of carbonyl (C=O) groups excluding carboxylic acids is 1. The van der Waals surface area contributed by atoms with Gasteiger partial charge in [-0.2, -0.15) is 13.2 Å². The van der Waals surface area contributed by atoms with Crippen LogP contribution in [0.1, 0.15) is 46.2 Å². The number of carbonyl (C=O) groups is 1. The summed E-state index contributed by atoms with van der Waals surface area (Å²) in [5, 5.41) is 2.81. The molecule has 0 heterocycles. The van der Waals surface area contributed by atoms with Crippen molar-refractivity contribution in [1.82, 2.24) is 5.32 Å². The summed E-state index contributed by atoms with van der Waals surface area (Å²) in [5.74, 6) is -0.300. The summed E-state index contributed by atoms with van der Waals surface area (Å²) in [7, 11) is 1.62. The van der Waals surface area contributed by atoms with Crippen LogP contribution in [0.25, 0.3) is 0 Å². The first-order chi connectivity index (χ1) is 18.3. The summed E-state index contributed by atoms with van der Waals surface area (Å²) < 4.78 is 39.8. The highest BCUT2D eigenvalue weighted by Crippen LogP contribution is 2.35. The molecule has 0 aliphatic rings. The predicted octanol–water partition coefficient (Wildman–Crippen LogP) is 7.53. The van der Waals surface area contributed by atoms with Crippen LogP contribution in [0.4, 0.5) is 18.9 Å². The molecule has 2 atom stereocenters. The van der Waals surface area contributed by atoms with Crippen molar-refractivity contribution < 1.29 is 18.0 Å². The highest BCUT2D eigenvalue weighted by molar-refractivity contribution is 5.86. The van der Waals surface area contributed by atoms with E-state index in [1.54, 1.807) is 19.2 Å². The summed E-state index contributed by atoms with van der Waals surface area (Å²) in [6.45, 7) is 2.50. The third-order valence-corrected chi connectivity index (χ3v) is 6.75. The number of hydrogen-bond acceptors (Lipinski definition) is 2. The second-order valence-corrected chi connectivity index (χ2v) is 9.33. The van der Waals surface area contributed by atoms with E-state index in [0.29, 0.717) is 13.0 Å². The minimum Gasteiger partial charge on any atom is -0.357 e. The fourth-order valence-corrected chi connectivity index (χ4v) is 4.86. The molecule has 0 aliphatic heterocycles. The normalized spacial score (nSPS) is 13.0. The smallest absolute Gasteiger partial charge is 0.357 e. The maximum absolute atomic E-state index is 13.3. The Morgan fingerprint density at radius 3 is 1.97 bits per heavy atom. The number of amides is 1. The maximum atomic E-state index is 13.3. The lowest BCUT2D eigenvalue weighted by Gasteiger charge is -2.34. The number of hydrogen-bond donors (Lipinski definition) is 1. The summed E-state index contributed by atoms with van der Waals surface area (Å²) in [6, 6.07) is 32.2. The number of anilines is 1.